The summed E-state index contributed by atoms with van der Waals surface area (Å²) in [5.41, 5.74) is 9.22. The van der Waals surface area contributed by atoms with Crippen molar-refractivity contribution in [3.8, 4) is 5.75 Å². The third-order valence-corrected chi connectivity index (χ3v) is 3.90. The van der Waals surface area contributed by atoms with Crippen LogP contribution in [0.4, 0.5) is 0 Å². The second kappa shape index (κ2) is 5.80. The highest BCUT2D eigenvalue weighted by Crippen LogP contribution is 2.35. The van der Waals surface area contributed by atoms with Crippen LogP contribution in [-0.4, -0.2) is 19.1 Å². The molecule has 0 aliphatic rings. The van der Waals surface area contributed by atoms with Crippen LogP contribution < -0.4 is 10.5 Å². The van der Waals surface area contributed by atoms with Gasteiger partial charge in [-0.1, -0.05) is 11.6 Å². The lowest BCUT2D eigenvalue weighted by Crippen LogP contribution is -2.16. The van der Waals surface area contributed by atoms with Crippen LogP contribution in [0.5, 0.6) is 5.75 Å². The molecule has 1 unspecified atom stereocenters. The van der Waals surface area contributed by atoms with E-state index < -0.39 is 0 Å². The largest absolute Gasteiger partial charge is 0.496 e. The third kappa shape index (κ3) is 2.65. The first-order valence-electron chi connectivity index (χ1n) is 5.11. The van der Waals surface area contributed by atoms with Crippen molar-refractivity contribution in [3.63, 3.8) is 0 Å². The Bertz CT molecular complexity index is 382. The molecule has 0 aliphatic heterocycles. The molecule has 0 aromatic heterocycles. The normalized spacial score (nSPS) is 12.6. The summed E-state index contributed by atoms with van der Waals surface area (Å²) in [6, 6.07) is 1.91. The van der Waals surface area contributed by atoms with Gasteiger partial charge in [0, 0.05) is 22.4 Å². The molecule has 0 spiro atoms. The van der Waals surface area contributed by atoms with Crippen LogP contribution in [0.3, 0.4) is 0 Å². The summed E-state index contributed by atoms with van der Waals surface area (Å²) in [6.07, 6.45) is 2.04. The number of aryl methyl sites for hydroxylation is 1. The van der Waals surface area contributed by atoms with Crippen LogP contribution >= 0.6 is 23.4 Å². The molecule has 4 heteroatoms. The van der Waals surface area contributed by atoms with Crippen LogP contribution in [0.15, 0.2) is 6.07 Å². The molecule has 1 aromatic rings. The van der Waals surface area contributed by atoms with Crippen molar-refractivity contribution in [1.29, 1.82) is 0 Å². The van der Waals surface area contributed by atoms with Gasteiger partial charge in [0.15, 0.2) is 0 Å². The van der Waals surface area contributed by atoms with Crippen LogP contribution in [0.2, 0.25) is 5.02 Å². The van der Waals surface area contributed by atoms with E-state index in [-0.39, 0.29) is 6.04 Å². The first-order chi connectivity index (χ1) is 7.52. The molecule has 0 bridgehead atoms. The summed E-state index contributed by atoms with van der Waals surface area (Å²) in [6.45, 7) is 3.97. The van der Waals surface area contributed by atoms with Gasteiger partial charge >= 0.3 is 0 Å². The van der Waals surface area contributed by atoms with E-state index in [2.05, 4.69) is 0 Å². The zero-order valence-corrected chi connectivity index (χ0v) is 11.7. The zero-order valence-electron chi connectivity index (χ0n) is 10.1. The maximum absolute atomic E-state index is 6.24. The van der Waals surface area contributed by atoms with Gasteiger partial charge in [-0.2, -0.15) is 11.8 Å². The average Bonchev–Trinajstić information content (AvgIpc) is 2.25. The predicted octanol–water partition coefficient (Wildman–Crippen LogP) is 3.33. The van der Waals surface area contributed by atoms with Crippen molar-refractivity contribution in [2.75, 3.05) is 19.1 Å². The molecule has 0 saturated carbocycles. The standard InChI is InChI=1S/C12H18ClNOS/c1-7-5-10(15-3)11(8(2)12(7)13)9(14)6-16-4/h5,9H,6,14H2,1-4H3. The van der Waals surface area contributed by atoms with E-state index in [0.717, 1.165) is 33.2 Å². The van der Waals surface area contributed by atoms with Crippen molar-refractivity contribution in [2.24, 2.45) is 5.73 Å². The number of hydrogen-bond donors (Lipinski definition) is 1. The first kappa shape index (κ1) is 13.7. The summed E-state index contributed by atoms with van der Waals surface area (Å²) < 4.78 is 5.38. The molecule has 16 heavy (non-hydrogen) atoms. The highest BCUT2D eigenvalue weighted by Gasteiger charge is 2.18. The van der Waals surface area contributed by atoms with Gasteiger partial charge in [0.05, 0.1) is 7.11 Å². The number of halogens is 1. The molecule has 2 N–H and O–H groups in total. The molecular weight excluding hydrogens is 242 g/mol. The Morgan fingerprint density at radius 3 is 2.62 bits per heavy atom. The minimum absolute atomic E-state index is 0.0388. The number of ether oxygens (including phenoxy) is 1. The van der Waals surface area contributed by atoms with Gasteiger partial charge < -0.3 is 10.5 Å². The van der Waals surface area contributed by atoms with Crippen LogP contribution in [0.25, 0.3) is 0 Å². The smallest absolute Gasteiger partial charge is 0.124 e. The van der Waals surface area contributed by atoms with E-state index in [9.17, 15) is 0 Å². The Labute approximate surface area is 107 Å². The molecule has 0 heterocycles. The summed E-state index contributed by atoms with van der Waals surface area (Å²) in [7, 11) is 1.66. The highest BCUT2D eigenvalue weighted by molar-refractivity contribution is 7.98. The van der Waals surface area contributed by atoms with Crippen molar-refractivity contribution < 1.29 is 4.74 Å². The molecule has 0 saturated heterocycles. The van der Waals surface area contributed by atoms with E-state index in [1.54, 1.807) is 18.9 Å². The van der Waals surface area contributed by atoms with Crippen LogP contribution in [0.1, 0.15) is 22.7 Å². The molecule has 1 rings (SSSR count). The lowest BCUT2D eigenvalue weighted by molar-refractivity contribution is 0.406. The van der Waals surface area contributed by atoms with Gasteiger partial charge in [0.25, 0.3) is 0 Å². The van der Waals surface area contributed by atoms with Crippen molar-refractivity contribution in [3.05, 3.63) is 27.8 Å². The minimum Gasteiger partial charge on any atom is -0.496 e. The molecule has 0 fully saturated rings. The van der Waals surface area contributed by atoms with E-state index in [4.69, 9.17) is 22.1 Å². The Hall–Kier alpha value is -0.380. The van der Waals surface area contributed by atoms with Gasteiger partial charge in [0.2, 0.25) is 0 Å². The second-order valence-corrected chi connectivity index (χ2v) is 5.10. The third-order valence-electron chi connectivity index (χ3n) is 2.63. The summed E-state index contributed by atoms with van der Waals surface area (Å²) in [5.74, 6) is 1.69. The molecule has 1 atom stereocenters. The second-order valence-electron chi connectivity index (χ2n) is 3.81. The molecule has 1 aromatic carbocycles. The highest BCUT2D eigenvalue weighted by atomic mass is 35.5. The fraction of sp³-hybridized carbons (Fsp3) is 0.500. The maximum Gasteiger partial charge on any atom is 0.124 e. The summed E-state index contributed by atoms with van der Waals surface area (Å²) in [4.78, 5) is 0. The number of thioether (sulfide) groups is 1. The van der Waals surface area contributed by atoms with Crippen molar-refractivity contribution in [1.82, 2.24) is 0 Å². The predicted molar refractivity (Wildman–Crippen MR) is 72.8 cm³/mol. The molecule has 90 valence electrons. The number of hydrogen-bond acceptors (Lipinski definition) is 3. The summed E-state index contributed by atoms with van der Waals surface area (Å²) in [5, 5.41) is 0.785. The van der Waals surface area contributed by atoms with Crippen molar-refractivity contribution in [2.45, 2.75) is 19.9 Å². The van der Waals surface area contributed by atoms with Gasteiger partial charge in [-0.3, -0.25) is 0 Å². The van der Waals surface area contributed by atoms with E-state index in [1.807, 2.05) is 26.2 Å². The SMILES string of the molecule is COc1cc(C)c(Cl)c(C)c1C(N)CSC. The van der Waals surface area contributed by atoms with Crippen LogP contribution in [-0.2, 0) is 0 Å². The monoisotopic (exact) mass is 259 g/mol. The lowest BCUT2D eigenvalue weighted by atomic mass is 9.99. The molecular formula is C12H18ClNOS. The number of methoxy groups -OCH3 is 1. The van der Waals surface area contributed by atoms with Gasteiger partial charge in [-0.05, 0) is 37.3 Å². The maximum atomic E-state index is 6.24. The fourth-order valence-electron chi connectivity index (χ4n) is 1.83. The number of benzene rings is 1. The first-order valence-corrected chi connectivity index (χ1v) is 6.88. The Morgan fingerprint density at radius 2 is 2.12 bits per heavy atom. The van der Waals surface area contributed by atoms with Crippen molar-refractivity contribution >= 4 is 23.4 Å². The number of rotatable bonds is 4. The van der Waals surface area contributed by atoms with E-state index in [1.165, 1.54) is 0 Å². The quantitative estimate of drug-likeness (QED) is 0.901. The Balaban J connectivity index is 3.29. The molecule has 2 nitrogen and oxygen atoms in total. The number of nitrogens with two attached hydrogens (primary N) is 1. The zero-order chi connectivity index (χ0) is 12.3. The Morgan fingerprint density at radius 1 is 1.50 bits per heavy atom. The molecule has 0 amide bonds. The van der Waals surface area contributed by atoms with E-state index >= 15 is 0 Å². The van der Waals surface area contributed by atoms with Crippen LogP contribution in [0, 0.1) is 13.8 Å². The molecule has 0 aliphatic carbocycles. The fourth-order valence-corrected chi connectivity index (χ4v) is 2.51. The topological polar surface area (TPSA) is 35.2 Å². The summed E-state index contributed by atoms with van der Waals surface area (Å²) >= 11 is 7.96. The van der Waals surface area contributed by atoms with E-state index in [0.29, 0.717) is 0 Å². The van der Waals surface area contributed by atoms with Gasteiger partial charge in [-0.25, -0.2) is 0 Å². The van der Waals surface area contributed by atoms with Gasteiger partial charge in [-0.15, -0.1) is 0 Å². The Kier molecular flexibility index (Phi) is 4.96. The lowest BCUT2D eigenvalue weighted by Gasteiger charge is -2.19. The van der Waals surface area contributed by atoms with Gasteiger partial charge in [0.1, 0.15) is 5.75 Å². The average molecular weight is 260 g/mol. The molecule has 0 radical (unpaired) electrons. The minimum atomic E-state index is -0.0388.